The van der Waals surface area contributed by atoms with E-state index in [1.165, 1.54) is 0 Å². The highest BCUT2D eigenvalue weighted by Crippen LogP contribution is 2.20. The minimum atomic E-state index is -0.641. The van der Waals surface area contributed by atoms with E-state index in [0.29, 0.717) is 32.8 Å². The summed E-state index contributed by atoms with van der Waals surface area (Å²) in [6.45, 7) is 11.3. The molecule has 7 nitrogen and oxygen atoms in total. The summed E-state index contributed by atoms with van der Waals surface area (Å²) in [5, 5.41) is 27.2. The van der Waals surface area contributed by atoms with Crippen LogP contribution in [0.3, 0.4) is 0 Å². The molecule has 0 aromatic rings. The molecule has 0 aliphatic rings. The zero-order chi connectivity index (χ0) is 21.3. The van der Waals surface area contributed by atoms with Crippen LogP contribution in [0.5, 0.6) is 0 Å². The number of ether oxygens (including phenoxy) is 4. The van der Waals surface area contributed by atoms with Gasteiger partial charge in [0, 0.05) is 39.6 Å². The average Bonchev–Trinajstić information content (AvgIpc) is 2.63. The molecule has 0 aromatic carbocycles. The third-order valence-corrected chi connectivity index (χ3v) is 4.35. The summed E-state index contributed by atoms with van der Waals surface area (Å²) in [5.74, 6) is 0. The van der Waals surface area contributed by atoms with E-state index in [4.69, 9.17) is 29.2 Å². The molecule has 1 unspecified atom stereocenters. The molecule has 3 N–H and O–H groups in total. The van der Waals surface area contributed by atoms with Crippen LogP contribution in [0.25, 0.3) is 0 Å². The second-order valence-corrected chi connectivity index (χ2v) is 8.38. The maximum Gasteiger partial charge on any atom is 0.101 e. The molecule has 0 fully saturated rings. The van der Waals surface area contributed by atoms with Gasteiger partial charge in [0.05, 0.1) is 24.4 Å². The summed E-state index contributed by atoms with van der Waals surface area (Å²) in [6.07, 6.45) is 4.16. The third kappa shape index (κ3) is 17.8. The molecule has 0 spiro atoms. The first-order chi connectivity index (χ1) is 13.2. The van der Waals surface area contributed by atoms with Crippen molar-refractivity contribution in [3.8, 4) is 0 Å². The minimum absolute atomic E-state index is 0.0958. The van der Waals surface area contributed by atoms with Crippen molar-refractivity contribution in [1.82, 2.24) is 0 Å². The van der Waals surface area contributed by atoms with Gasteiger partial charge in [-0.3, -0.25) is 0 Å². The summed E-state index contributed by atoms with van der Waals surface area (Å²) in [7, 11) is 0. The van der Waals surface area contributed by atoms with Crippen LogP contribution in [-0.4, -0.2) is 85.5 Å². The Morgan fingerprint density at radius 1 is 0.643 bits per heavy atom. The van der Waals surface area contributed by atoms with Crippen LogP contribution in [0.1, 0.15) is 66.2 Å². The zero-order valence-corrected chi connectivity index (χ0v) is 18.5. The topological polar surface area (TPSA) is 97.6 Å². The maximum atomic E-state index is 9.69. The smallest absolute Gasteiger partial charge is 0.101 e. The van der Waals surface area contributed by atoms with Crippen molar-refractivity contribution in [1.29, 1.82) is 0 Å². The monoisotopic (exact) mass is 408 g/mol. The molecule has 0 rings (SSSR count). The van der Waals surface area contributed by atoms with Gasteiger partial charge in [-0.1, -0.05) is 0 Å². The predicted molar refractivity (Wildman–Crippen MR) is 110 cm³/mol. The highest BCUT2D eigenvalue weighted by atomic mass is 16.5. The highest BCUT2D eigenvalue weighted by Gasteiger charge is 2.20. The lowest BCUT2D eigenvalue weighted by Crippen LogP contribution is -2.28. The molecule has 0 amide bonds. The molecule has 0 aliphatic carbocycles. The molecular formula is C21H44O7. The van der Waals surface area contributed by atoms with Gasteiger partial charge in [0.25, 0.3) is 0 Å². The molecule has 7 heteroatoms. The summed E-state index contributed by atoms with van der Waals surface area (Å²) < 4.78 is 22.5. The Hall–Kier alpha value is -0.280. The Kier molecular flexibility index (Phi) is 16.3. The average molecular weight is 409 g/mol. The lowest BCUT2D eigenvalue weighted by molar-refractivity contribution is -0.0593. The van der Waals surface area contributed by atoms with Crippen molar-refractivity contribution >= 4 is 0 Å². The second kappa shape index (κ2) is 16.5. The molecule has 0 radical (unpaired) electrons. The van der Waals surface area contributed by atoms with Crippen LogP contribution < -0.4 is 0 Å². The van der Waals surface area contributed by atoms with E-state index in [-0.39, 0.29) is 37.6 Å². The van der Waals surface area contributed by atoms with E-state index in [9.17, 15) is 5.11 Å². The maximum absolute atomic E-state index is 9.69. The number of aliphatic hydroxyl groups is 3. The SMILES string of the molecule is CC(C)(CCCO)OCCCC(C)(C)OCCCOCC(O)COCCCO. The Bertz CT molecular complexity index is 348. The van der Waals surface area contributed by atoms with Gasteiger partial charge < -0.3 is 34.3 Å². The lowest BCUT2D eigenvalue weighted by Gasteiger charge is -2.28. The summed E-state index contributed by atoms with van der Waals surface area (Å²) in [5.41, 5.74) is -0.405. The van der Waals surface area contributed by atoms with Crippen molar-refractivity contribution in [3.05, 3.63) is 0 Å². The van der Waals surface area contributed by atoms with Gasteiger partial charge in [-0.15, -0.1) is 0 Å². The second-order valence-electron chi connectivity index (χ2n) is 8.38. The number of rotatable bonds is 20. The third-order valence-electron chi connectivity index (χ3n) is 4.35. The molecule has 0 aliphatic heterocycles. The van der Waals surface area contributed by atoms with E-state index >= 15 is 0 Å². The van der Waals surface area contributed by atoms with E-state index in [1.54, 1.807) is 0 Å². The fourth-order valence-corrected chi connectivity index (χ4v) is 2.66. The Labute approximate surface area is 171 Å². The molecule has 1 atom stereocenters. The van der Waals surface area contributed by atoms with Gasteiger partial charge in [0.1, 0.15) is 6.10 Å². The molecule has 0 saturated carbocycles. The summed E-state index contributed by atoms with van der Waals surface area (Å²) in [4.78, 5) is 0. The van der Waals surface area contributed by atoms with Gasteiger partial charge in [-0.25, -0.2) is 0 Å². The fraction of sp³-hybridized carbons (Fsp3) is 1.00. The first-order valence-electron chi connectivity index (χ1n) is 10.6. The molecule has 0 heterocycles. The molecule has 0 saturated heterocycles. The standard InChI is InChI=1S/C21H44O7/c1-20(2,9-5-11-22)27-15-6-10-21(3,4)28-16-8-14-26-18-19(24)17-25-13-7-12-23/h19,22-24H,5-18H2,1-4H3. The molecule has 28 heavy (non-hydrogen) atoms. The summed E-state index contributed by atoms with van der Waals surface area (Å²) >= 11 is 0. The molecular weight excluding hydrogens is 364 g/mol. The van der Waals surface area contributed by atoms with Crippen molar-refractivity contribution in [2.45, 2.75) is 83.5 Å². The van der Waals surface area contributed by atoms with Gasteiger partial charge in [-0.2, -0.15) is 0 Å². The van der Waals surface area contributed by atoms with Gasteiger partial charge in [-0.05, 0) is 66.2 Å². The first kappa shape index (κ1) is 27.7. The fourth-order valence-electron chi connectivity index (χ4n) is 2.66. The highest BCUT2D eigenvalue weighted by molar-refractivity contribution is 4.71. The number of hydrogen-bond donors (Lipinski definition) is 3. The predicted octanol–water partition coefficient (Wildman–Crippen LogP) is 2.30. The van der Waals surface area contributed by atoms with Crippen LogP contribution in [0.4, 0.5) is 0 Å². The van der Waals surface area contributed by atoms with Crippen molar-refractivity contribution in [3.63, 3.8) is 0 Å². The number of aliphatic hydroxyl groups excluding tert-OH is 3. The Morgan fingerprint density at radius 2 is 1.11 bits per heavy atom. The zero-order valence-electron chi connectivity index (χ0n) is 18.5. The molecule has 0 aromatic heterocycles. The molecule has 170 valence electrons. The lowest BCUT2D eigenvalue weighted by atomic mass is 10.0. The van der Waals surface area contributed by atoms with Crippen LogP contribution in [0.2, 0.25) is 0 Å². The van der Waals surface area contributed by atoms with Gasteiger partial charge in [0.15, 0.2) is 0 Å². The van der Waals surface area contributed by atoms with E-state index in [1.807, 2.05) is 0 Å². The van der Waals surface area contributed by atoms with E-state index in [2.05, 4.69) is 27.7 Å². The van der Waals surface area contributed by atoms with Gasteiger partial charge in [0.2, 0.25) is 0 Å². The largest absolute Gasteiger partial charge is 0.396 e. The minimum Gasteiger partial charge on any atom is -0.396 e. The van der Waals surface area contributed by atoms with Gasteiger partial charge >= 0.3 is 0 Å². The number of hydrogen-bond acceptors (Lipinski definition) is 7. The Balaban J connectivity index is 3.64. The molecule has 0 bridgehead atoms. The van der Waals surface area contributed by atoms with Crippen LogP contribution in [0, 0.1) is 0 Å². The van der Waals surface area contributed by atoms with Crippen molar-refractivity contribution in [2.75, 3.05) is 52.9 Å². The summed E-state index contributed by atoms with van der Waals surface area (Å²) in [6, 6.07) is 0. The van der Waals surface area contributed by atoms with E-state index in [0.717, 1.165) is 32.1 Å². The first-order valence-corrected chi connectivity index (χ1v) is 10.6. The quantitative estimate of drug-likeness (QED) is 0.266. The van der Waals surface area contributed by atoms with E-state index < -0.39 is 6.10 Å². The van der Waals surface area contributed by atoms with Crippen molar-refractivity contribution < 1.29 is 34.3 Å². The normalized spacial score (nSPS) is 13.8. The van der Waals surface area contributed by atoms with Crippen LogP contribution >= 0.6 is 0 Å². The van der Waals surface area contributed by atoms with Crippen LogP contribution in [-0.2, 0) is 18.9 Å². The Morgan fingerprint density at radius 3 is 1.64 bits per heavy atom. The van der Waals surface area contributed by atoms with Crippen molar-refractivity contribution in [2.24, 2.45) is 0 Å². The van der Waals surface area contributed by atoms with Crippen LogP contribution in [0.15, 0.2) is 0 Å².